The molecule has 2 aromatic heterocycles. The summed E-state index contributed by atoms with van der Waals surface area (Å²) >= 11 is 0. The third-order valence-electron chi connectivity index (χ3n) is 4.01. The fraction of sp³-hybridized carbons (Fsp3) is 0.333. The van der Waals surface area contributed by atoms with Crippen molar-refractivity contribution in [1.29, 1.82) is 0 Å². The zero-order chi connectivity index (χ0) is 15.5. The van der Waals surface area contributed by atoms with Crippen molar-refractivity contribution in [2.75, 3.05) is 13.1 Å². The molecule has 0 spiro atoms. The van der Waals surface area contributed by atoms with Crippen LogP contribution >= 0.6 is 0 Å². The van der Waals surface area contributed by atoms with Crippen molar-refractivity contribution < 1.29 is 9.21 Å². The molecule has 22 heavy (non-hydrogen) atoms. The van der Waals surface area contributed by atoms with E-state index in [1.54, 1.807) is 6.26 Å². The maximum atomic E-state index is 12.4. The molecule has 1 saturated heterocycles. The van der Waals surface area contributed by atoms with Crippen LogP contribution in [-0.4, -0.2) is 28.9 Å². The van der Waals surface area contributed by atoms with Crippen LogP contribution in [0, 0.1) is 13.8 Å². The number of pyridine rings is 1. The van der Waals surface area contributed by atoms with Crippen molar-refractivity contribution in [1.82, 2.24) is 9.88 Å². The molecule has 0 bridgehead atoms. The second kappa shape index (κ2) is 6.18. The van der Waals surface area contributed by atoms with E-state index in [1.165, 1.54) is 5.57 Å². The number of aromatic nitrogens is 1. The zero-order valence-electron chi connectivity index (χ0n) is 13.0. The van der Waals surface area contributed by atoms with Gasteiger partial charge in [-0.25, -0.2) is 0 Å². The van der Waals surface area contributed by atoms with Gasteiger partial charge in [0.05, 0.1) is 12.0 Å². The van der Waals surface area contributed by atoms with E-state index < -0.39 is 0 Å². The van der Waals surface area contributed by atoms with Gasteiger partial charge in [-0.05, 0) is 51.0 Å². The molecule has 114 valence electrons. The van der Waals surface area contributed by atoms with Crippen molar-refractivity contribution in [2.24, 2.45) is 0 Å². The lowest BCUT2D eigenvalue weighted by atomic mass is 10.0. The van der Waals surface area contributed by atoms with Gasteiger partial charge in [0.1, 0.15) is 0 Å². The molecule has 4 nitrogen and oxygen atoms in total. The van der Waals surface area contributed by atoms with Crippen molar-refractivity contribution in [2.45, 2.75) is 26.7 Å². The Morgan fingerprint density at radius 2 is 2.00 bits per heavy atom. The van der Waals surface area contributed by atoms with E-state index in [-0.39, 0.29) is 5.91 Å². The first-order valence-corrected chi connectivity index (χ1v) is 7.60. The van der Waals surface area contributed by atoms with E-state index in [0.29, 0.717) is 5.76 Å². The first-order valence-electron chi connectivity index (χ1n) is 7.60. The summed E-state index contributed by atoms with van der Waals surface area (Å²) in [5.74, 6) is 0.461. The van der Waals surface area contributed by atoms with Gasteiger partial charge in [0, 0.05) is 24.3 Å². The Kier molecular flexibility index (Phi) is 4.09. The van der Waals surface area contributed by atoms with Crippen molar-refractivity contribution >= 4 is 12.0 Å². The molecular weight excluding hydrogens is 276 g/mol. The number of carbonyl (C=O) groups is 1. The molecule has 3 rings (SSSR count). The molecular formula is C18H20N2O2. The quantitative estimate of drug-likeness (QED) is 0.850. The number of aryl methyl sites for hydroxylation is 2. The monoisotopic (exact) mass is 296 g/mol. The van der Waals surface area contributed by atoms with Gasteiger partial charge >= 0.3 is 0 Å². The highest BCUT2D eigenvalue weighted by atomic mass is 16.3. The molecule has 0 aromatic carbocycles. The molecule has 0 N–H and O–H groups in total. The normalized spacial score (nSPS) is 15.0. The molecule has 1 amide bonds. The molecule has 0 saturated carbocycles. The molecule has 1 aliphatic heterocycles. The Balaban J connectivity index is 1.65. The Labute approximate surface area is 130 Å². The number of hydrogen-bond donors (Lipinski definition) is 0. The SMILES string of the molecule is Cc1cccc(C=C2CCN(C(=O)c3occc3C)CC2)n1. The molecule has 1 fully saturated rings. The largest absolute Gasteiger partial charge is 0.459 e. The van der Waals surface area contributed by atoms with Gasteiger partial charge in [0.25, 0.3) is 5.91 Å². The summed E-state index contributed by atoms with van der Waals surface area (Å²) in [4.78, 5) is 18.8. The second-order valence-corrected chi connectivity index (χ2v) is 5.73. The second-order valence-electron chi connectivity index (χ2n) is 5.73. The van der Waals surface area contributed by atoms with Crippen molar-refractivity contribution in [3.05, 3.63) is 58.8 Å². The fourth-order valence-corrected chi connectivity index (χ4v) is 2.73. The number of likely N-dealkylation sites (tertiary alicyclic amines) is 1. The summed E-state index contributed by atoms with van der Waals surface area (Å²) in [5, 5.41) is 0. The molecule has 3 heterocycles. The highest BCUT2D eigenvalue weighted by Gasteiger charge is 2.23. The molecule has 0 radical (unpaired) electrons. The van der Waals surface area contributed by atoms with Crippen LogP contribution in [-0.2, 0) is 0 Å². The van der Waals surface area contributed by atoms with Gasteiger partial charge in [-0.2, -0.15) is 0 Å². The Morgan fingerprint density at radius 1 is 1.23 bits per heavy atom. The first-order chi connectivity index (χ1) is 10.6. The van der Waals surface area contributed by atoms with Crippen LogP contribution < -0.4 is 0 Å². The maximum Gasteiger partial charge on any atom is 0.289 e. The number of hydrogen-bond acceptors (Lipinski definition) is 3. The van der Waals surface area contributed by atoms with Crippen molar-refractivity contribution in [3.63, 3.8) is 0 Å². The molecule has 0 atom stereocenters. The Hall–Kier alpha value is -2.36. The van der Waals surface area contributed by atoms with E-state index >= 15 is 0 Å². The van der Waals surface area contributed by atoms with Crippen LogP contribution in [0.25, 0.3) is 6.08 Å². The number of carbonyl (C=O) groups excluding carboxylic acids is 1. The van der Waals surface area contributed by atoms with E-state index in [4.69, 9.17) is 4.42 Å². The average Bonchev–Trinajstić information content (AvgIpc) is 2.93. The summed E-state index contributed by atoms with van der Waals surface area (Å²) in [5.41, 5.74) is 4.26. The van der Waals surface area contributed by atoms with E-state index in [9.17, 15) is 4.79 Å². The summed E-state index contributed by atoms with van der Waals surface area (Å²) in [6.45, 7) is 5.36. The predicted molar refractivity (Wildman–Crippen MR) is 85.5 cm³/mol. The van der Waals surface area contributed by atoms with Crippen LogP contribution in [0.1, 0.15) is 40.3 Å². The minimum Gasteiger partial charge on any atom is -0.459 e. The lowest BCUT2D eigenvalue weighted by molar-refractivity contribution is 0.0711. The zero-order valence-corrected chi connectivity index (χ0v) is 13.0. The van der Waals surface area contributed by atoms with Crippen LogP contribution in [0.3, 0.4) is 0 Å². The van der Waals surface area contributed by atoms with Crippen LogP contribution in [0.15, 0.2) is 40.5 Å². The Bertz CT molecular complexity index is 705. The summed E-state index contributed by atoms with van der Waals surface area (Å²) in [7, 11) is 0. The van der Waals surface area contributed by atoms with E-state index in [2.05, 4.69) is 11.1 Å². The topological polar surface area (TPSA) is 46.3 Å². The summed E-state index contributed by atoms with van der Waals surface area (Å²) in [6.07, 6.45) is 5.50. The van der Waals surface area contributed by atoms with Gasteiger partial charge in [0.2, 0.25) is 0 Å². The minimum absolute atomic E-state index is 0.00442. The van der Waals surface area contributed by atoms with E-state index in [0.717, 1.165) is 42.9 Å². The van der Waals surface area contributed by atoms with Crippen LogP contribution in [0.5, 0.6) is 0 Å². The standard InChI is InChI=1S/C18H20N2O2/c1-13-8-11-22-17(13)18(21)20-9-6-15(7-10-20)12-16-5-3-4-14(2)19-16/h3-5,8,11-12H,6-7,9-10H2,1-2H3. The predicted octanol–water partition coefficient (Wildman–Crippen LogP) is 3.61. The fourth-order valence-electron chi connectivity index (χ4n) is 2.73. The first kappa shape index (κ1) is 14.6. The molecule has 4 heteroatoms. The average molecular weight is 296 g/mol. The summed E-state index contributed by atoms with van der Waals surface area (Å²) < 4.78 is 5.30. The number of amides is 1. The van der Waals surface area contributed by atoms with Gasteiger partial charge in [-0.1, -0.05) is 11.6 Å². The minimum atomic E-state index is -0.00442. The van der Waals surface area contributed by atoms with Gasteiger partial charge in [-0.15, -0.1) is 0 Å². The molecule has 2 aromatic rings. The number of rotatable bonds is 2. The smallest absolute Gasteiger partial charge is 0.289 e. The highest BCUT2D eigenvalue weighted by Crippen LogP contribution is 2.21. The highest BCUT2D eigenvalue weighted by molar-refractivity contribution is 5.93. The van der Waals surface area contributed by atoms with Gasteiger partial charge in [-0.3, -0.25) is 9.78 Å². The molecule has 0 unspecified atom stereocenters. The third kappa shape index (κ3) is 3.11. The molecule has 0 aliphatic carbocycles. The van der Waals surface area contributed by atoms with E-state index in [1.807, 2.05) is 43.0 Å². The number of furan rings is 1. The third-order valence-corrected chi connectivity index (χ3v) is 4.01. The van der Waals surface area contributed by atoms with Crippen LogP contribution in [0.4, 0.5) is 0 Å². The number of nitrogens with zero attached hydrogens (tertiary/aromatic N) is 2. The van der Waals surface area contributed by atoms with Crippen LogP contribution in [0.2, 0.25) is 0 Å². The summed E-state index contributed by atoms with van der Waals surface area (Å²) in [6, 6.07) is 7.86. The number of piperidine rings is 1. The lowest BCUT2D eigenvalue weighted by Crippen LogP contribution is -2.36. The van der Waals surface area contributed by atoms with Gasteiger partial charge < -0.3 is 9.32 Å². The maximum absolute atomic E-state index is 12.4. The lowest BCUT2D eigenvalue weighted by Gasteiger charge is -2.28. The molecule has 1 aliphatic rings. The van der Waals surface area contributed by atoms with Gasteiger partial charge in [0.15, 0.2) is 5.76 Å². The van der Waals surface area contributed by atoms with Crippen molar-refractivity contribution in [3.8, 4) is 0 Å². The Morgan fingerprint density at radius 3 is 2.64 bits per heavy atom.